The zero-order chi connectivity index (χ0) is 9.97. The minimum absolute atomic E-state index is 0.715. The molecular formula is C11H7BrOS. The Morgan fingerprint density at radius 3 is 2.71 bits per heavy atom. The summed E-state index contributed by atoms with van der Waals surface area (Å²) in [5.74, 6) is 0. The first kappa shape index (κ1) is 9.62. The van der Waals surface area contributed by atoms with Crippen molar-refractivity contribution in [3.05, 3.63) is 45.7 Å². The summed E-state index contributed by atoms with van der Waals surface area (Å²) in [5.41, 5.74) is 1.80. The third-order valence-corrected chi connectivity index (χ3v) is 3.55. The van der Waals surface area contributed by atoms with E-state index >= 15 is 0 Å². The number of aldehydes is 1. The summed E-state index contributed by atoms with van der Waals surface area (Å²) in [6, 6.07) is 11.6. The average Bonchev–Trinajstić information content (AvgIpc) is 2.65. The number of hydrogen-bond donors (Lipinski definition) is 0. The van der Waals surface area contributed by atoms with Crippen molar-refractivity contribution in [2.24, 2.45) is 0 Å². The molecule has 0 aliphatic heterocycles. The Bertz CT molecular complexity index is 462. The van der Waals surface area contributed by atoms with Crippen molar-refractivity contribution in [1.29, 1.82) is 0 Å². The minimum atomic E-state index is 0.715. The minimum Gasteiger partial charge on any atom is -0.298 e. The molecule has 1 aromatic carbocycles. The molecule has 1 aromatic heterocycles. The second kappa shape index (κ2) is 4.07. The lowest BCUT2D eigenvalue weighted by molar-refractivity contribution is 0.112. The summed E-state index contributed by atoms with van der Waals surface area (Å²) in [6.07, 6.45) is 0.867. The molecule has 0 saturated heterocycles. The predicted octanol–water partition coefficient (Wildman–Crippen LogP) is 3.99. The van der Waals surface area contributed by atoms with E-state index in [2.05, 4.69) is 15.9 Å². The van der Waals surface area contributed by atoms with Gasteiger partial charge in [0.1, 0.15) is 6.29 Å². The lowest BCUT2D eigenvalue weighted by Gasteiger charge is -1.97. The van der Waals surface area contributed by atoms with Crippen molar-refractivity contribution < 1.29 is 4.79 Å². The van der Waals surface area contributed by atoms with E-state index in [1.807, 2.05) is 30.3 Å². The van der Waals surface area contributed by atoms with Crippen molar-refractivity contribution in [2.45, 2.75) is 0 Å². The Kier molecular flexibility index (Phi) is 2.79. The van der Waals surface area contributed by atoms with Crippen LogP contribution in [0, 0.1) is 0 Å². The van der Waals surface area contributed by atoms with Gasteiger partial charge in [0.25, 0.3) is 0 Å². The maximum atomic E-state index is 10.6. The summed E-state index contributed by atoms with van der Waals surface area (Å²) in [7, 11) is 0. The second-order valence-electron chi connectivity index (χ2n) is 2.85. The molecule has 3 heteroatoms. The van der Waals surface area contributed by atoms with E-state index in [1.165, 1.54) is 4.88 Å². The Labute approximate surface area is 94.5 Å². The van der Waals surface area contributed by atoms with E-state index in [1.54, 1.807) is 17.4 Å². The highest BCUT2D eigenvalue weighted by Gasteiger charge is 2.01. The first-order valence-electron chi connectivity index (χ1n) is 4.10. The zero-order valence-corrected chi connectivity index (χ0v) is 9.64. The van der Waals surface area contributed by atoms with Crippen molar-refractivity contribution in [3.63, 3.8) is 0 Å². The molecule has 1 nitrogen and oxygen atoms in total. The number of rotatable bonds is 2. The van der Waals surface area contributed by atoms with Gasteiger partial charge in [0.2, 0.25) is 0 Å². The van der Waals surface area contributed by atoms with Crippen LogP contribution in [0.3, 0.4) is 0 Å². The van der Waals surface area contributed by atoms with Gasteiger partial charge in [-0.3, -0.25) is 4.79 Å². The van der Waals surface area contributed by atoms with Gasteiger partial charge in [0.05, 0.1) is 3.79 Å². The van der Waals surface area contributed by atoms with Crippen LogP contribution in [-0.2, 0) is 0 Å². The van der Waals surface area contributed by atoms with Crippen LogP contribution in [0.4, 0.5) is 0 Å². The molecule has 14 heavy (non-hydrogen) atoms. The highest BCUT2D eigenvalue weighted by atomic mass is 79.9. The van der Waals surface area contributed by atoms with Gasteiger partial charge in [-0.1, -0.05) is 18.2 Å². The lowest BCUT2D eigenvalue weighted by Crippen LogP contribution is -1.79. The third kappa shape index (κ3) is 1.94. The van der Waals surface area contributed by atoms with Gasteiger partial charge in [-0.25, -0.2) is 0 Å². The molecule has 70 valence electrons. The molecule has 0 spiro atoms. The zero-order valence-electron chi connectivity index (χ0n) is 7.24. The average molecular weight is 267 g/mol. The van der Waals surface area contributed by atoms with Crippen LogP contribution < -0.4 is 0 Å². The van der Waals surface area contributed by atoms with Gasteiger partial charge in [0.15, 0.2) is 0 Å². The standard InChI is InChI=1S/C11H7BrOS/c12-11-5-4-10(14-11)9-3-1-2-8(6-9)7-13/h1-7H. The van der Waals surface area contributed by atoms with Crippen LogP contribution in [0.5, 0.6) is 0 Å². The SMILES string of the molecule is O=Cc1cccc(-c2ccc(Br)s2)c1. The number of carbonyl (C=O) groups is 1. The molecule has 0 fully saturated rings. The molecule has 1 heterocycles. The van der Waals surface area contributed by atoms with E-state index in [-0.39, 0.29) is 0 Å². The van der Waals surface area contributed by atoms with Crippen LogP contribution in [0.2, 0.25) is 0 Å². The quantitative estimate of drug-likeness (QED) is 0.752. The Balaban J connectivity index is 2.46. The molecule has 0 aliphatic rings. The van der Waals surface area contributed by atoms with Crippen molar-refractivity contribution in [2.75, 3.05) is 0 Å². The van der Waals surface area contributed by atoms with E-state index in [0.717, 1.165) is 15.6 Å². The molecule has 0 aliphatic carbocycles. The second-order valence-corrected chi connectivity index (χ2v) is 5.31. The smallest absolute Gasteiger partial charge is 0.150 e. The van der Waals surface area contributed by atoms with E-state index in [4.69, 9.17) is 0 Å². The molecule has 2 aromatic rings. The molecular weight excluding hydrogens is 260 g/mol. The fourth-order valence-corrected chi connectivity index (χ4v) is 2.62. The molecule has 0 N–H and O–H groups in total. The van der Waals surface area contributed by atoms with Crippen molar-refractivity contribution >= 4 is 33.6 Å². The van der Waals surface area contributed by atoms with Gasteiger partial charge >= 0.3 is 0 Å². The van der Waals surface area contributed by atoms with Crippen molar-refractivity contribution in [1.82, 2.24) is 0 Å². The van der Waals surface area contributed by atoms with E-state index < -0.39 is 0 Å². The number of thiophene rings is 1. The van der Waals surface area contributed by atoms with Gasteiger partial charge in [-0.05, 0) is 39.7 Å². The lowest BCUT2D eigenvalue weighted by atomic mass is 10.1. The number of carbonyl (C=O) groups excluding carboxylic acids is 1. The molecule has 2 rings (SSSR count). The van der Waals surface area contributed by atoms with Crippen molar-refractivity contribution in [3.8, 4) is 10.4 Å². The molecule has 0 saturated carbocycles. The Hall–Kier alpha value is -0.930. The first-order valence-corrected chi connectivity index (χ1v) is 5.71. The van der Waals surface area contributed by atoms with Crippen LogP contribution in [-0.4, -0.2) is 6.29 Å². The normalized spacial score (nSPS) is 10.1. The van der Waals surface area contributed by atoms with Gasteiger partial charge in [-0.2, -0.15) is 0 Å². The largest absolute Gasteiger partial charge is 0.298 e. The maximum absolute atomic E-state index is 10.6. The molecule has 0 radical (unpaired) electrons. The summed E-state index contributed by atoms with van der Waals surface area (Å²) < 4.78 is 1.10. The summed E-state index contributed by atoms with van der Waals surface area (Å²) >= 11 is 5.07. The summed E-state index contributed by atoms with van der Waals surface area (Å²) in [4.78, 5) is 11.8. The van der Waals surface area contributed by atoms with E-state index in [9.17, 15) is 4.79 Å². The maximum Gasteiger partial charge on any atom is 0.150 e. The van der Waals surface area contributed by atoms with E-state index in [0.29, 0.717) is 5.56 Å². The summed E-state index contributed by atoms with van der Waals surface area (Å²) in [6.45, 7) is 0. The fraction of sp³-hybridized carbons (Fsp3) is 0. The fourth-order valence-electron chi connectivity index (χ4n) is 1.23. The van der Waals surface area contributed by atoms with Gasteiger partial charge in [-0.15, -0.1) is 11.3 Å². The predicted molar refractivity (Wildman–Crippen MR) is 62.8 cm³/mol. The number of hydrogen-bond acceptors (Lipinski definition) is 2. The Morgan fingerprint density at radius 2 is 2.07 bits per heavy atom. The topological polar surface area (TPSA) is 17.1 Å². The third-order valence-electron chi connectivity index (χ3n) is 1.88. The monoisotopic (exact) mass is 266 g/mol. The Morgan fingerprint density at radius 1 is 1.21 bits per heavy atom. The van der Waals surface area contributed by atoms with Crippen LogP contribution in [0.25, 0.3) is 10.4 Å². The van der Waals surface area contributed by atoms with Crippen LogP contribution >= 0.6 is 27.3 Å². The number of benzene rings is 1. The molecule has 0 bridgehead atoms. The first-order chi connectivity index (χ1) is 6.79. The van der Waals surface area contributed by atoms with Crippen LogP contribution in [0.15, 0.2) is 40.2 Å². The summed E-state index contributed by atoms with van der Waals surface area (Å²) in [5, 5.41) is 0. The van der Waals surface area contributed by atoms with Gasteiger partial charge < -0.3 is 0 Å². The molecule has 0 unspecified atom stereocenters. The number of halogens is 1. The molecule has 0 atom stereocenters. The highest BCUT2D eigenvalue weighted by Crippen LogP contribution is 2.31. The van der Waals surface area contributed by atoms with Gasteiger partial charge in [0, 0.05) is 10.4 Å². The highest BCUT2D eigenvalue weighted by molar-refractivity contribution is 9.11. The molecule has 0 amide bonds. The van der Waals surface area contributed by atoms with Crippen LogP contribution in [0.1, 0.15) is 10.4 Å².